The summed E-state index contributed by atoms with van der Waals surface area (Å²) in [6.45, 7) is 0. The third kappa shape index (κ3) is 4.02. The maximum atomic E-state index is 10.4. The van der Waals surface area contributed by atoms with Gasteiger partial charge in [-0.2, -0.15) is 0 Å². The molecule has 0 fully saturated rings. The van der Waals surface area contributed by atoms with Crippen LogP contribution in [0.2, 0.25) is 0 Å². The molecule has 1 aromatic carbocycles. The monoisotopic (exact) mass is 270 g/mol. The van der Waals surface area contributed by atoms with Crippen LogP contribution in [0.5, 0.6) is 0 Å². The van der Waals surface area contributed by atoms with Gasteiger partial charge in [0.05, 0.1) is 0 Å². The molecule has 0 aliphatic rings. The van der Waals surface area contributed by atoms with E-state index >= 15 is 0 Å². The third-order valence-electron chi connectivity index (χ3n) is 1.23. The Morgan fingerprint density at radius 2 is 1.62 bits per heavy atom. The second kappa shape index (κ2) is 5.39. The van der Waals surface area contributed by atoms with E-state index < -0.39 is 25.8 Å². The van der Waals surface area contributed by atoms with Crippen molar-refractivity contribution in [2.45, 2.75) is 4.90 Å². The van der Waals surface area contributed by atoms with Gasteiger partial charge in [-0.1, -0.05) is 0 Å². The molecule has 1 aromatic rings. The summed E-state index contributed by atoms with van der Waals surface area (Å²) < 4.78 is 42.1. The summed E-state index contributed by atoms with van der Waals surface area (Å²) in [6, 6.07) is 5.06. The van der Waals surface area contributed by atoms with Crippen LogP contribution in [0.4, 0.5) is 0 Å². The van der Waals surface area contributed by atoms with E-state index in [9.17, 15) is 16.7 Å². The molecule has 13 heavy (non-hydrogen) atoms. The van der Waals surface area contributed by atoms with Gasteiger partial charge in [0.1, 0.15) is 0 Å². The van der Waals surface area contributed by atoms with Gasteiger partial charge in [0.2, 0.25) is 0 Å². The van der Waals surface area contributed by atoms with Crippen LogP contribution in [-0.4, -0.2) is 28.7 Å². The van der Waals surface area contributed by atoms with Crippen molar-refractivity contribution in [3.05, 3.63) is 24.3 Å². The second-order valence-electron chi connectivity index (χ2n) is 2.04. The van der Waals surface area contributed by atoms with Gasteiger partial charge >= 0.3 is 106 Å². The number of rotatable bonds is 2. The molecule has 0 saturated heterocycles. The average molecular weight is 270 g/mol. The Bertz CT molecular complexity index is 386. The quantitative estimate of drug-likeness (QED) is 0.409. The molecule has 0 unspecified atom stereocenters. The molecule has 0 amide bonds. The largest absolute Gasteiger partial charge is 1.00 e. The minimum Gasteiger partial charge on any atom is 1.00 e. The van der Waals surface area contributed by atoms with E-state index in [1.165, 1.54) is 12.1 Å². The average Bonchev–Trinajstić information content (AvgIpc) is 2.03. The number of hydrogen-bond donors (Lipinski definition) is 0. The van der Waals surface area contributed by atoms with E-state index in [-0.39, 0.29) is 34.5 Å². The Morgan fingerprint density at radius 3 is 1.92 bits per heavy atom. The van der Waals surface area contributed by atoms with E-state index in [0.29, 0.717) is 4.35 Å². The second-order valence-corrected chi connectivity index (χ2v) is 4.89. The standard InChI is InChI=1S/C6H5AsO4S.Na/c8-7-5-1-3-6(4-2-5)12(9,10)11;/h1-4H,(H,9,10,11);/q;+1/p-1. The predicted octanol–water partition coefficient (Wildman–Crippen LogP) is -3.73. The Morgan fingerprint density at radius 1 is 1.15 bits per heavy atom. The molecule has 0 aromatic heterocycles. The molecule has 0 bridgehead atoms. The van der Waals surface area contributed by atoms with Gasteiger partial charge in [-0.25, -0.2) is 0 Å². The Balaban J connectivity index is 0.00000144. The van der Waals surface area contributed by atoms with E-state index in [4.69, 9.17) is 0 Å². The van der Waals surface area contributed by atoms with Crippen molar-refractivity contribution in [1.82, 2.24) is 0 Å². The Labute approximate surface area is 105 Å². The molecule has 0 radical (unpaired) electrons. The van der Waals surface area contributed by atoms with E-state index in [0.717, 1.165) is 12.1 Å². The Kier molecular flexibility index (Phi) is 5.59. The van der Waals surface area contributed by atoms with Gasteiger partial charge < -0.3 is 0 Å². The first kappa shape index (κ1) is 13.5. The molecule has 0 spiro atoms. The van der Waals surface area contributed by atoms with Gasteiger partial charge in [-0.05, 0) is 0 Å². The first-order valence-electron chi connectivity index (χ1n) is 2.93. The summed E-state index contributed by atoms with van der Waals surface area (Å²) in [4.78, 5) is -0.291. The van der Waals surface area contributed by atoms with Gasteiger partial charge in [-0.15, -0.1) is 0 Å². The van der Waals surface area contributed by atoms with Gasteiger partial charge in [0.15, 0.2) is 0 Å². The fourth-order valence-electron chi connectivity index (χ4n) is 0.674. The molecular weight excluding hydrogens is 266 g/mol. The van der Waals surface area contributed by atoms with Gasteiger partial charge in [0, 0.05) is 0 Å². The smallest absolute Gasteiger partial charge is 1.00 e. The Hall–Kier alpha value is 0.488. The molecular formula is C6H4AsNaO4S. The van der Waals surface area contributed by atoms with Crippen molar-refractivity contribution in [2.24, 2.45) is 0 Å². The minimum atomic E-state index is -4.37. The van der Waals surface area contributed by atoms with E-state index in [2.05, 4.69) is 0 Å². The van der Waals surface area contributed by atoms with Crippen LogP contribution >= 0.6 is 0 Å². The fraction of sp³-hybridized carbons (Fsp3) is 0. The van der Waals surface area contributed by atoms with Crippen LogP contribution in [0, 0.1) is 0 Å². The van der Waals surface area contributed by atoms with Crippen LogP contribution in [0.25, 0.3) is 0 Å². The van der Waals surface area contributed by atoms with Crippen LogP contribution in [0.15, 0.2) is 29.2 Å². The van der Waals surface area contributed by atoms with Gasteiger partial charge in [0.25, 0.3) is 0 Å². The molecule has 7 heteroatoms. The summed E-state index contributed by atoms with van der Waals surface area (Å²) in [7, 11) is -4.37. The summed E-state index contributed by atoms with van der Waals surface area (Å²) in [5, 5.41) is 0. The van der Waals surface area contributed by atoms with Crippen LogP contribution in [0.3, 0.4) is 0 Å². The van der Waals surface area contributed by atoms with Gasteiger partial charge in [-0.3, -0.25) is 0 Å². The minimum absolute atomic E-state index is 0. The van der Waals surface area contributed by atoms with Crippen molar-refractivity contribution < 1.29 is 46.3 Å². The molecule has 4 nitrogen and oxygen atoms in total. The molecule has 0 aliphatic carbocycles. The molecule has 0 heterocycles. The fourth-order valence-corrected chi connectivity index (χ4v) is 1.71. The zero-order chi connectivity index (χ0) is 9.19. The van der Waals surface area contributed by atoms with Crippen molar-refractivity contribution in [3.8, 4) is 0 Å². The number of hydrogen-bond acceptors (Lipinski definition) is 4. The summed E-state index contributed by atoms with van der Waals surface area (Å²) in [5.41, 5.74) is 0. The molecule has 0 atom stereocenters. The van der Waals surface area contributed by atoms with Crippen molar-refractivity contribution in [2.75, 3.05) is 0 Å². The van der Waals surface area contributed by atoms with Crippen molar-refractivity contribution in [1.29, 1.82) is 0 Å². The molecule has 0 aliphatic heterocycles. The van der Waals surface area contributed by atoms with Crippen LogP contribution in [-0.2, 0) is 13.9 Å². The molecule has 0 saturated carbocycles. The van der Waals surface area contributed by atoms with E-state index in [1.54, 1.807) is 0 Å². The van der Waals surface area contributed by atoms with Crippen LogP contribution in [0.1, 0.15) is 0 Å². The zero-order valence-electron chi connectivity index (χ0n) is 6.80. The first-order chi connectivity index (χ1) is 5.54. The molecule has 0 N–H and O–H groups in total. The SMILES string of the molecule is O=[As]c1ccc(S(=O)(=O)[O-])cc1.[Na+]. The van der Waals surface area contributed by atoms with Crippen molar-refractivity contribution >= 4 is 30.2 Å². The molecule has 1 rings (SSSR count). The summed E-state index contributed by atoms with van der Waals surface area (Å²) >= 11 is -1.16. The topological polar surface area (TPSA) is 74.3 Å². The summed E-state index contributed by atoms with van der Waals surface area (Å²) in [5.74, 6) is 0. The van der Waals surface area contributed by atoms with E-state index in [1.807, 2.05) is 0 Å². The van der Waals surface area contributed by atoms with Crippen molar-refractivity contribution in [3.63, 3.8) is 0 Å². The third-order valence-corrected chi connectivity index (χ3v) is 3.15. The first-order valence-corrected chi connectivity index (χ1v) is 6.04. The maximum Gasteiger partial charge on any atom is 1.00 e. The number of benzene rings is 1. The molecule has 64 valence electrons. The predicted molar refractivity (Wildman–Crippen MR) is 40.5 cm³/mol. The summed E-state index contributed by atoms with van der Waals surface area (Å²) in [6.07, 6.45) is 0. The maximum absolute atomic E-state index is 10.4. The normalized spacial score (nSPS) is 10.8. The van der Waals surface area contributed by atoms with Crippen LogP contribution < -0.4 is 33.9 Å². The zero-order valence-corrected chi connectivity index (χ0v) is 11.5.